The summed E-state index contributed by atoms with van der Waals surface area (Å²) >= 11 is 0. The fraction of sp³-hybridized carbons (Fsp3) is 0.500. The highest BCUT2D eigenvalue weighted by Crippen LogP contribution is 2.18. The summed E-state index contributed by atoms with van der Waals surface area (Å²) in [5, 5.41) is 0. The van der Waals surface area contributed by atoms with Crippen LogP contribution in [0.2, 0.25) is 0 Å². The summed E-state index contributed by atoms with van der Waals surface area (Å²) in [6.07, 6.45) is 0.312. The van der Waals surface area contributed by atoms with Crippen molar-refractivity contribution in [3.8, 4) is 5.75 Å². The molecule has 1 aliphatic heterocycles. The van der Waals surface area contributed by atoms with Crippen LogP contribution in [0.15, 0.2) is 18.2 Å². The van der Waals surface area contributed by atoms with E-state index >= 15 is 0 Å². The maximum atomic E-state index is 12.3. The normalized spacial score (nSPS) is 16.5. The predicted molar refractivity (Wildman–Crippen MR) is 80.2 cm³/mol. The average molecular weight is 290 g/mol. The fourth-order valence-electron chi connectivity index (χ4n) is 2.35. The number of carbonyl (C=O) groups excluding carboxylic acids is 2. The number of piperazine rings is 1. The molecule has 1 aliphatic rings. The van der Waals surface area contributed by atoms with Gasteiger partial charge in [0.2, 0.25) is 6.41 Å². The molecule has 1 saturated heterocycles. The molecule has 0 spiro atoms. The van der Waals surface area contributed by atoms with Gasteiger partial charge in [-0.1, -0.05) is 6.07 Å². The van der Waals surface area contributed by atoms with Gasteiger partial charge >= 0.3 is 0 Å². The van der Waals surface area contributed by atoms with E-state index in [9.17, 15) is 9.59 Å². The minimum Gasteiger partial charge on any atom is -0.481 e. The number of amides is 2. The number of hydrogen-bond donors (Lipinski definition) is 0. The van der Waals surface area contributed by atoms with Crippen molar-refractivity contribution in [2.45, 2.75) is 26.9 Å². The zero-order chi connectivity index (χ0) is 15.4. The number of nitrogens with zero attached hydrogens (tertiary/aromatic N) is 2. The maximum Gasteiger partial charge on any atom is 0.263 e. The molecule has 0 N–H and O–H groups in total. The Morgan fingerprint density at radius 2 is 1.86 bits per heavy atom. The Labute approximate surface area is 125 Å². The van der Waals surface area contributed by atoms with Gasteiger partial charge in [-0.05, 0) is 44.0 Å². The molecule has 21 heavy (non-hydrogen) atoms. The topological polar surface area (TPSA) is 49.9 Å². The van der Waals surface area contributed by atoms with Gasteiger partial charge in [-0.2, -0.15) is 0 Å². The molecule has 1 fully saturated rings. The first-order valence-corrected chi connectivity index (χ1v) is 7.23. The molecule has 114 valence electrons. The summed E-state index contributed by atoms with van der Waals surface area (Å²) in [6.45, 7) is 8.14. The van der Waals surface area contributed by atoms with E-state index in [1.165, 1.54) is 5.56 Å². The smallest absolute Gasteiger partial charge is 0.263 e. The molecule has 2 rings (SSSR count). The standard InChI is InChI=1S/C16H22N2O3/c1-12-4-5-15(10-13(12)2)21-14(3)16(20)18-8-6-17(11-19)7-9-18/h4-5,10-11,14H,6-9H2,1-3H3/t14-/m0/s1. The Bertz CT molecular complexity index is 522. The molecule has 0 saturated carbocycles. The molecule has 0 aliphatic carbocycles. The van der Waals surface area contributed by atoms with E-state index < -0.39 is 6.10 Å². The third-order valence-corrected chi connectivity index (χ3v) is 3.91. The highest BCUT2D eigenvalue weighted by Gasteiger charge is 2.25. The zero-order valence-corrected chi connectivity index (χ0v) is 12.8. The van der Waals surface area contributed by atoms with E-state index in [0.29, 0.717) is 31.9 Å². The van der Waals surface area contributed by atoms with Crippen molar-refractivity contribution in [3.63, 3.8) is 0 Å². The van der Waals surface area contributed by atoms with Crippen molar-refractivity contribution < 1.29 is 14.3 Å². The number of rotatable bonds is 4. The van der Waals surface area contributed by atoms with E-state index in [2.05, 4.69) is 0 Å². The SMILES string of the molecule is Cc1ccc(O[C@@H](C)C(=O)N2CCN(C=O)CC2)cc1C. The molecule has 0 bridgehead atoms. The molecule has 1 aromatic carbocycles. The molecule has 1 heterocycles. The van der Waals surface area contributed by atoms with Gasteiger partial charge in [0.1, 0.15) is 5.75 Å². The van der Waals surface area contributed by atoms with Crippen LogP contribution in [0.5, 0.6) is 5.75 Å². The second-order valence-electron chi connectivity index (χ2n) is 5.47. The maximum absolute atomic E-state index is 12.3. The van der Waals surface area contributed by atoms with E-state index in [1.807, 2.05) is 32.0 Å². The molecule has 0 unspecified atom stereocenters. The molecular weight excluding hydrogens is 268 g/mol. The predicted octanol–water partition coefficient (Wildman–Crippen LogP) is 1.37. The average Bonchev–Trinajstić information content (AvgIpc) is 2.50. The number of hydrogen-bond acceptors (Lipinski definition) is 3. The Morgan fingerprint density at radius 3 is 2.43 bits per heavy atom. The number of aryl methyl sites for hydroxylation is 2. The summed E-state index contributed by atoms with van der Waals surface area (Å²) in [5.74, 6) is 0.684. The molecule has 0 aromatic heterocycles. The molecule has 5 nitrogen and oxygen atoms in total. The van der Waals surface area contributed by atoms with Crippen LogP contribution in [0, 0.1) is 13.8 Å². The van der Waals surface area contributed by atoms with Crippen LogP contribution in [0.25, 0.3) is 0 Å². The lowest BCUT2D eigenvalue weighted by Gasteiger charge is -2.34. The zero-order valence-electron chi connectivity index (χ0n) is 12.8. The largest absolute Gasteiger partial charge is 0.481 e. The van der Waals surface area contributed by atoms with E-state index in [4.69, 9.17) is 4.74 Å². The van der Waals surface area contributed by atoms with Crippen molar-refractivity contribution in [2.24, 2.45) is 0 Å². The molecule has 1 aromatic rings. The minimum absolute atomic E-state index is 0.0289. The van der Waals surface area contributed by atoms with Crippen molar-refractivity contribution >= 4 is 12.3 Å². The van der Waals surface area contributed by atoms with Crippen LogP contribution < -0.4 is 4.74 Å². The van der Waals surface area contributed by atoms with E-state index in [1.54, 1.807) is 16.7 Å². The minimum atomic E-state index is -0.519. The third kappa shape index (κ3) is 3.74. The first-order chi connectivity index (χ1) is 10.0. The lowest BCUT2D eigenvalue weighted by Crippen LogP contribution is -2.51. The van der Waals surface area contributed by atoms with Crippen LogP contribution in [0.3, 0.4) is 0 Å². The van der Waals surface area contributed by atoms with Gasteiger partial charge in [0.25, 0.3) is 5.91 Å². The Hall–Kier alpha value is -2.04. The van der Waals surface area contributed by atoms with Crippen molar-refractivity contribution in [1.82, 2.24) is 9.80 Å². The fourth-order valence-corrected chi connectivity index (χ4v) is 2.35. The van der Waals surface area contributed by atoms with Crippen molar-refractivity contribution in [1.29, 1.82) is 0 Å². The second kappa shape index (κ2) is 6.61. The van der Waals surface area contributed by atoms with Crippen LogP contribution in [0.1, 0.15) is 18.1 Å². The Kier molecular flexibility index (Phi) is 4.83. The van der Waals surface area contributed by atoms with Crippen LogP contribution >= 0.6 is 0 Å². The van der Waals surface area contributed by atoms with Crippen molar-refractivity contribution in [2.75, 3.05) is 26.2 Å². The lowest BCUT2D eigenvalue weighted by molar-refractivity contribution is -0.141. The van der Waals surface area contributed by atoms with Gasteiger partial charge in [-0.15, -0.1) is 0 Å². The van der Waals surface area contributed by atoms with Crippen LogP contribution in [-0.4, -0.2) is 54.4 Å². The molecule has 5 heteroatoms. The molecule has 0 radical (unpaired) electrons. The molecule has 2 amide bonds. The van der Waals surface area contributed by atoms with Crippen LogP contribution in [-0.2, 0) is 9.59 Å². The second-order valence-corrected chi connectivity index (χ2v) is 5.47. The Balaban J connectivity index is 1.93. The quantitative estimate of drug-likeness (QED) is 0.787. The highest BCUT2D eigenvalue weighted by atomic mass is 16.5. The molecular formula is C16H22N2O3. The van der Waals surface area contributed by atoms with Gasteiger partial charge in [0.15, 0.2) is 6.10 Å². The van der Waals surface area contributed by atoms with Crippen LogP contribution in [0.4, 0.5) is 0 Å². The monoisotopic (exact) mass is 290 g/mol. The van der Waals surface area contributed by atoms with Crippen molar-refractivity contribution in [3.05, 3.63) is 29.3 Å². The number of benzene rings is 1. The first-order valence-electron chi connectivity index (χ1n) is 7.23. The van der Waals surface area contributed by atoms with Gasteiger partial charge in [-0.3, -0.25) is 9.59 Å². The van der Waals surface area contributed by atoms with E-state index in [0.717, 1.165) is 12.0 Å². The first kappa shape index (κ1) is 15.4. The summed E-state index contributed by atoms with van der Waals surface area (Å²) in [5.41, 5.74) is 2.35. The van der Waals surface area contributed by atoms with Gasteiger partial charge in [0, 0.05) is 26.2 Å². The van der Waals surface area contributed by atoms with Gasteiger partial charge < -0.3 is 14.5 Å². The summed E-state index contributed by atoms with van der Waals surface area (Å²) in [4.78, 5) is 26.4. The number of ether oxygens (including phenoxy) is 1. The van der Waals surface area contributed by atoms with E-state index in [-0.39, 0.29) is 5.91 Å². The third-order valence-electron chi connectivity index (χ3n) is 3.91. The lowest BCUT2D eigenvalue weighted by atomic mass is 10.1. The summed E-state index contributed by atoms with van der Waals surface area (Å²) < 4.78 is 5.74. The summed E-state index contributed by atoms with van der Waals surface area (Å²) in [6, 6.07) is 5.82. The van der Waals surface area contributed by atoms with Gasteiger partial charge in [-0.25, -0.2) is 0 Å². The Morgan fingerprint density at radius 1 is 1.19 bits per heavy atom. The number of carbonyl (C=O) groups is 2. The van der Waals surface area contributed by atoms with Gasteiger partial charge in [0.05, 0.1) is 0 Å². The molecule has 1 atom stereocenters. The summed E-state index contributed by atoms with van der Waals surface area (Å²) in [7, 11) is 0. The highest BCUT2D eigenvalue weighted by molar-refractivity contribution is 5.81.